The van der Waals surface area contributed by atoms with Gasteiger partial charge in [0.1, 0.15) is 5.82 Å². The first-order chi connectivity index (χ1) is 6.68. The maximum absolute atomic E-state index is 5.88. The molecule has 0 aliphatic carbocycles. The van der Waals surface area contributed by atoms with E-state index in [1.54, 1.807) is 11.3 Å². The summed E-state index contributed by atoms with van der Waals surface area (Å²) < 4.78 is 2.70. The van der Waals surface area contributed by atoms with Crippen LogP contribution in [0.2, 0.25) is 0 Å². The monoisotopic (exact) mass is 271 g/mol. The van der Waals surface area contributed by atoms with Crippen LogP contribution in [0.4, 0.5) is 5.82 Å². The lowest BCUT2D eigenvalue weighted by molar-refractivity contribution is 0.691. The largest absolute Gasteiger partial charge is 0.383 e. The van der Waals surface area contributed by atoms with Crippen LogP contribution in [0.15, 0.2) is 21.3 Å². The number of halogens is 1. The van der Waals surface area contributed by atoms with Gasteiger partial charge in [0.2, 0.25) is 0 Å². The van der Waals surface area contributed by atoms with Crippen LogP contribution in [0.5, 0.6) is 0 Å². The van der Waals surface area contributed by atoms with Crippen LogP contribution >= 0.6 is 27.3 Å². The van der Waals surface area contributed by atoms with Crippen LogP contribution < -0.4 is 5.73 Å². The molecule has 2 aromatic rings. The molecule has 0 fully saturated rings. The van der Waals surface area contributed by atoms with Crippen molar-refractivity contribution >= 4 is 33.1 Å². The fraction of sp³-hybridized carbons (Fsp3) is 0.222. The molecule has 2 heterocycles. The molecule has 0 amide bonds. The van der Waals surface area contributed by atoms with E-state index in [0.717, 1.165) is 16.7 Å². The Morgan fingerprint density at radius 1 is 1.64 bits per heavy atom. The van der Waals surface area contributed by atoms with E-state index in [9.17, 15) is 0 Å². The van der Waals surface area contributed by atoms with Crippen molar-refractivity contribution in [1.29, 1.82) is 0 Å². The van der Waals surface area contributed by atoms with Gasteiger partial charge in [-0.05, 0) is 45.2 Å². The Kier molecular flexibility index (Phi) is 2.60. The first-order valence-corrected chi connectivity index (χ1v) is 5.91. The second-order valence-corrected chi connectivity index (χ2v) is 4.65. The fourth-order valence-electron chi connectivity index (χ4n) is 1.25. The maximum Gasteiger partial charge on any atom is 0.136 e. The second-order valence-electron chi connectivity index (χ2n) is 3.07. The molecule has 0 bridgehead atoms. The minimum absolute atomic E-state index is 0.689. The highest BCUT2D eigenvalue weighted by Crippen LogP contribution is 2.23. The number of anilines is 1. The van der Waals surface area contributed by atoms with Gasteiger partial charge in [-0.25, -0.2) is 4.68 Å². The van der Waals surface area contributed by atoms with Crippen LogP contribution in [0.1, 0.15) is 11.3 Å². The number of hydrogen-bond acceptors (Lipinski definition) is 3. The second kappa shape index (κ2) is 3.74. The van der Waals surface area contributed by atoms with Gasteiger partial charge in [-0.2, -0.15) is 16.4 Å². The van der Waals surface area contributed by atoms with E-state index < -0.39 is 0 Å². The molecule has 0 spiro atoms. The van der Waals surface area contributed by atoms with Gasteiger partial charge in [0.25, 0.3) is 0 Å². The highest BCUT2D eigenvalue weighted by atomic mass is 79.9. The Bertz CT molecular complexity index is 433. The fourth-order valence-corrected chi connectivity index (χ4v) is 2.20. The molecule has 0 saturated heterocycles. The van der Waals surface area contributed by atoms with E-state index in [2.05, 4.69) is 37.9 Å². The van der Waals surface area contributed by atoms with E-state index in [4.69, 9.17) is 5.73 Å². The minimum atomic E-state index is 0.689. The zero-order chi connectivity index (χ0) is 10.1. The summed E-state index contributed by atoms with van der Waals surface area (Å²) in [6, 6.07) is 2.08. The van der Waals surface area contributed by atoms with Gasteiger partial charge in [0.05, 0.1) is 16.7 Å². The van der Waals surface area contributed by atoms with Crippen molar-refractivity contribution in [3.05, 3.63) is 32.6 Å². The Morgan fingerprint density at radius 3 is 2.93 bits per heavy atom. The Morgan fingerprint density at radius 2 is 2.43 bits per heavy atom. The maximum atomic E-state index is 5.88. The zero-order valence-electron chi connectivity index (χ0n) is 7.70. The molecule has 3 nitrogen and oxygen atoms in total. The molecule has 0 atom stereocenters. The van der Waals surface area contributed by atoms with Crippen molar-refractivity contribution in [1.82, 2.24) is 9.78 Å². The minimum Gasteiger partial charge on any atom is -0.383 e. The molecule has 0 aliphatic heterocycles. The standard InChI is InChI=1S/C9H10BrN3S/c1-6-8(10)9(11)13(12-6)4-7-2-3-14-5-7/h2-3,5H,4,11H2,1H3. The number of nitrogen functional groups attached to an aromatic ring is 1. The topological polar surface area (TPSA) is 43.8 Å². The highest BCUT2D eigenvalue weighted by molar-refractivity contribution is 9.10. The summed E-state index contributed by atoms with van der Waals surface area (Å²) in [6.45, 7) is 2.67. The number of aryl methyl sites for hydroxylation is 1. The molecule has 0 unspecified atom stereocenters. The van der Waals surface area contributed by atoms with Crippen molar-refractivity contribution in [2.75, 3.05) is 5.73 Å². The molecule has 2 rings (SSSR count). The quantitative estimate of drug-likeness (QED) is 0.913. The summed E-state index contributed by atoms with van der Waals surface area (Å²) >= 11 is 5.08. The van der Waals surface area contributed by atoms with E-state index in [-0.39, 0.29) is 0 Å². The van der Waals surface area contributed by atoms with Crippen LogP contribution in [0.3, 0.4) is 0 Å². The van der Waals surface area contributed by atoms with Crippen molar-refractivity contribution in [2.45, 2.75) is 13.5 Å². The lowest BCUT2D eigenvalue weighted by Gasteiger charge is -2.01. The molecule has 0 saturated carbocycles. The number of hydrogen-bond donors (Lipinski definition) is 1. The third-order valence-electron chi connectivity index (χ3n) is 2.00. The number of rotatable bonds is 2. The summed E-state index contributed by atoms with van der Waals surface area (Å²) in [5.74, 6) is 0.689. The SMILES string of the molecule is Cc1nn(Cc2ccsc2)c(N)c1Br. The van der Waals surface area contributed by atoms with Crippen LogP contribution in [-0.2, 0) is 6.54 Å². The molecule has 5 heteroatoms. The molecule has 0 aromatic carbocycles. The van der Waals surface area contributed by atoms with Crippen molar-refractivity contribution in [2.24, 2.45) is 0 Å². The summed E-state index contributed by atoms with van der Waals surface area (Å²) in [5.41, 5.74) is 8.04. The first kappa shape index (κ1) is 9.73. The van der Waals surface area contributed by atoms with Crippen LogP contribution in [-0.4, -0.2) is 9.78 Å². The van der Waals surface area contributed by atoms with Crippen molar-refractivity contribution in [3.63, 3.8) is 0 Å². The normalized spacial score (nSPS) is 10.7. The van der Waals surface area contributed by atoms with Gasteiger partial charge >= 0.3 is 0 Å². The number of nitrogens with two attached hydrogens (primary N) is 1. The van der Waals surface area contributed by atoms with Crippen LogP contribution in [0.25, 0.3) is 0 Å². The molecular formula is C9H10BrN3S. The number of aromatic nitrogens is 2. The van der Waals surface area contributed by atoms with Gasteiger partial charge in [0.15, 0.2) is 0 Å². The Labute approximate surface area is 94.7 Å². The van der Waals surface area contributed by atoms with Gasteiger partial charge in [-0.15, -0.1) is 0 Å². The first-order valence-electron chi connectivity index (χ1n) is 4.18. The summed E-state index contributed by atoms with van der Waals surface area (Å²) in [6.07, 6.45) is 0. The smallest absolute Gasteiger partial charge is 0.136 e. The predicted molar refractivity (Wildman–Crippen MR) is 62.5 cm³/mol. The van der Waals surface area contributed by atoms with Gasteiger partial charge < -0.3 is 5.73 Å². The molecule has 0 radical (unpaired) electrons. The Hall–Kier alpha value is -0.810. The summed E-state index contributed by atoms with van der Waals surface area (Å²) in [4.78, 5) is 0. The highest BCUT2D eigenvalue weighted by Gasteiger charge is 2.09. The zero-order valence-corrected chi connectivity index (χ0v) is 10.1. The van der Waals surface area contributed by atoms with Gasteiger partial charge in [-0.3, -0.25) is 0 Å². The lowest BCUT2D eigenvalue weighted by atomic mass is 10.3. The van der Waals surface area contributed by atoms with Gasteiger partial charge in [-0.1, -0.05) is 0 Å². The average Bonchev–Trinajstić information content (AvgIpc) is 2.73. The molecule has 74 valence electrons. The third-order valence-corrected chi connectivity index (χ3v) is 3.72. The summed E-state index contributed by atoms with van der Waals surface area (Å²) in [5, 5.41) is 8.49. The lowest BCUT2D eigenvalue weighted by Crippen LogP contribution is -2.05. The summed E-state index contributed by atoms with van der Waals surface area (Å²) in [7, 11) is 0. The van der Waals surface area contributed by atoms with Crippen molar-refractivity contribution < 1.29 is 0 Å². The van der Waals surface area contributed by atoms with E-state index in [1.165, 1.54) is 5.56 Å². The molecule has 0 aliphatic rings. The van der Waals surface area contributed by atoms with E-state index in [1.807, 2.05) is 11.6 Å². The molecule has 2 aromatic heterocycles. The predicted octanol–water partition coefficient (Wildman–Crippen LogP) is 2.65. The van der Waals surface area contributed by atoms with Crippen molar-refractivity contribution in [3.8, 4) is 0 Å². The third kappa shape index (κ3) is 1.69. The molecular weight excluding hydrogens is 262 g/mol. The van der Waals surface area contributed by atoms with Crippen LogP contribution in [0, 0.1) is 6.92 Å². The number of nitrogens with zero attached hydrogens (tertiary/aromatic N) is 2. The Balaban J connectivity index is 2.30. The number of thiophene rings is 1. The molecule has 2 N–H and O–H groups in total. The van der Waals surface area contributed by atoms with Gasteiger partial charge in [0, 0.05) is 0 Å². The molecule has 14 heavy (non-hydrogen) atoms. The average molecular weight is 272 g/mol. The van der Waals surface area contributed by atoms with E-state index in [0.29, 0.717) is 5.82 Å². The van der Waals surface area contributed by atoms with E-state index >= 15 is 0 Å².